The van der Waals surface area contributed by atoms with Crippen molar-refractivity contribution in [1.29, 1.82) is 0 Å². The van der Waals surface area contributed by atoms with Gasteiger partial charge in [-0.3, -0.25) is 0 Å². The third-order valence-corrected chi connectivity index (χ3v) is 3.43. The van der Waals surface area contributed by atoms with E-state index >= 15 is 0 Å². The summed E-state index contributed by atoms with van der Waals surface area (Å²) in [5.74, 6) is 0.892. The van der Waals surface area contributed by atoms with Crippen LogP contribution in [-0.4, -0.2) is 26.3 Å². The lowest BCUT2D eigenvalue weighted by atomic mass is 9.96. The summed E-state index contributed by atoms with van der Waals surface area (Å²) in [6, 6.07) is 6.83. The van der Waals surface area contributed by atoms with E-state index in [0.29, 0.717) is 11.8 Å². The first-order valence-electron chi connectivity index (χ1n) is 7.67. The third-order valence-electron chi connectivity index (χ3n) is 3.43. The van der Waals surface area contributed by atoms with Crippen molar-refractivity contribution in [2.45, 2.75) is 39.5 Å². The van der Waals surface area contributed by atoms with Gasteiger partial charge in [-0.1, -0.05) is 32.9 Å². The fraction of sp³-hybridized carbons (Fsp3) is 0.647. The van der Waals surface area contributed by atoms with E-state index in [1.54, 1.807) is 0 Å². The van der Waals surface area contributed by atoms with Crippen molar-refractivity contribution in [3.05, 3.63) is 35.6 Å². The van der Waals surface area contributed by atoms with Gasteiger partial charge in [-0.2, -0.15) is 0 Å². The number of ether oxygens (including phenoxy) is 1. The van der Waals surface area contributed by atoms with Gasteiger partial charge in [0.25, 0.3) is 0 Å². The first-order chi connectivity index (χ1) is 9.63. The fourth-order valence-electron chi connectivity index (χ4n) is 2.09. The average molecular weight is 281 g/mol. The maximum atomic E-state index is 13.0. The molecule has 20 heavy (non-hydrogen) atoms. The molecule has 0 radical (unpaired) electrons. The minimum Gasteiger partial charge on any atom is -0.381 e. The third kappa shape index (κ3) is 7.01. The van der Waals surface area contributed by atoms with E-state index in [4.69, 9.17) is 4.74 Å². The molecule has 0 saturated carbocycles. The summed E-state index contributed by atoms with van der Waals surface area (Å²) in [7, 11) is 0. The Morgan fingerprint density at radius 3 is 2.35 bits per heavy atom. The van der Waals surface area contributed by atoms with Crippen molar-refractivity contribution in [3.8, 4) is 0 Å². The normalized spacial score (nSPS) is 12.8. The average Bonchev–Trinajstić information content (AvgIpc) is 2.42. The van der Waals surface area contributed by atoms with E-state index < -0.39 is 0 Å². The molecule has 0 saturated heterocycles. The second-order valence-electron chi connectivity index (χ2n) is 5.64. The molecule has 0 aliphatic heterocycles. The zero-order valence-corrected chi connectivity index (χ0v) is 13.0. The lowest BCUT2D eigenvalue weighted by Crippen LogP contribution is -2.22. The number of likely N-dealkylation sites (N-methyl/N-ethyl adjacent to an activating group) is 1. The van der Waals surface area contributed by atoms with Crippen molar-refractivity contribution in [1.82, 2.24) is 5.32 Å². The molecule has 0 aromatic heterocycles. The van der Waals surface area contributed by atoms with Crippen molar-refractivity contribution in [2.24, 2.45) is 5.92 Å². The Morgan fingerprint density at radius 1 is 1.10 bits per heavy atom. The molecule has 0 bridgehead atoms. The van der Waals surface area contributed by atoms with Gasteiger partial charge < -0.3 is 10.1 Å². The predicted molar refractivity (Wildman–Crippen MR) is 82.6 cm³/mol. The highest BCUT2D eigenvalue weighted by molar-refractivity contribution is 5.20. The standard InChI is InChI=1S/C17H28FNO/c1-4-19-13-16(10-12-20-11-9-14(2)3)15-5-7-17(18)8-6-15/h5-8,14,16,19H,4,9-13H2,1-3H3. The van der Waals surface area contributed by atoms with Gasteiger partial charge in [-0.05, 0) is 48.9 Å². The molecule has 0 fully saturated rings. The Bertz CT molecular complexity index is 351. The van der Waals surface area contributed by atoms with Gasteiger partial charge in [0.15, 0.2) is 0 Å². The van der Waals surface area contributed by atoms with Gasteiger partial charge in [0, 0.05) is 19.8 Å². The van der Waals surface area contributed by atoms with Crippen LogP contribution in [0.15, 0.2) is 24.3 Å². The molecule has 114 valence electrons. The molecule has 0 heterocycles. The van der Waals surface area contributed by atoms with Crippen LogP contribution in [0.5, 0.6) is 0 Å². The second-order valence-corrected chi connectivity index (χ2v) is 5.64. The van der Waals surface area contributed by atoms with Crippen LogP contribution in [0.3, 0.4) is 0 Å². The molecule has 1 atom stereocenters. The lowest BCUT2D eigenvalue weighted by Gasteiger charge is -2.18. The van der Waals surface area contributed by atoms with Gasteiger partial charge in [0.2, 0.25) is 0 Å². The number of rotatable bonds is 10. The molecular weight excluding hydrogens is 253 g/mol. The number of hydrogen-bond acceptors (Lipinski definition) is 2. The van der Waals surface area contributed by atoms with Crippen LogP contribution in [0.1, 0.15) is 45.1 Å². The fourth-order valence-corrected chi connectivity index (χ4v) is 2.09. The van der Waals surface area contributed by atoms with E-state index in [9.17, 15) is 4.39 Å². The van der Waals surface area contributed by atoms with E-state index in [1.807, 2.05) is 12.1 Å². The molecule has 1 N–H and O–H groups in total. The number of hydrogen-bond donors (Lipinski definition) is 1. The summed E-state index contributed by atoms with van der Waals surface area (Å²) < 4.78 is 18.7. The first-order valence-corrected chi connectivity index (χ1v) is 7.67. The molecule has 0 aliphatic carbocycles. The van der Waals surface area contributed by atoms with E-state index in [2.05, 4.69) is 26.1 Å². The van der Waals surface area contributed by atoms with Crippen LogP contribution in [0.25, 0.3) is 0 Å². The summed E-state index contributed by atoms with van der Waals surface area (Å²) >= 11 is 0. The number of benzene rings is 1. The van der Waals surface area contributed by atoms with Crippen molar-refractivity contribution in [3.63, 3.8) is 0 Å². The van der Waals surface area contributed by atoms with Gasteiger partial charge in [-0.25, -0.2) is 4.39 Å². The highest BCUT2D eigenvalue weighted by atomic mass is 19.1. The SMILES string of the molecule is CCNCC(CCOCCC(C)C)c1ccc(F)cc1. The Labute approximate surface area is 122 Å². The van der Waals surface area contributed by atoms with E-state index in [-0.39, 0.29) is 5.82 Å². The molecule has 0 aliphatic rings. The Kier molecular flexibility index (Phi) is 8.47. The molecule has 2 nitrogen and oxygen atoms in total. The van der Waals surface area contributed by atoms with Crippen molar-refractivity contribution < 1.29 is 9.13 Å². The summed E-state index contributed by atoms with van der Waals surface area (Å²) in [6.07, 6.45) is 2.07. The zero-order valence-electron chi connectivity index (χ0n) is 13.0. The van der Waals surface area contributed by atoms with Gasteiger partial charge >= 0.3 is 0 Å². The monoisotopic (exact) mass is 281 g/mol. The summed E-state index contributed by atoms with van der Waals surface area (Å²) in [5.41, 5.74) is 1.18. The van der Waals surface area contributed by atoms with Crippen LogP contribution in [-0.2, 0) is 4.74 Å². The van der Waals surface area contributed by atoms with Crippen LogP contribution < -0.4 is 5.32 Å². The quantitative estimate of drug-likeness (QED) is 0.655. The van der Waals surface area contributed by atoms with Crippen molar-refractivity contribution >= 4 is 0 Å². The van der Waals surface area contributed by atoms with Gasteiger partial charge in [0.05, 0.1) is 0 Å². The molecule has 1 rings (SSSR count). The summed E-state index contributed by atoms with van der Waals surface area (Å²) in [4.78, 5) is 0. The maximum absolute atomic E-state index is 13.0. The minimum absolute atomic E-state index is 0.177. The molecule has 1 aromatic rings. The van der Waals surface area contributed by atoms with Crippen LogP contribution in [0.4, 0.5) is 4.39 Å². The largest absolute Gasteiger partial charge is 0.381 e. The molecule has 1 aromatic carbocycles. The molecular formula is C17H28FNO. The van der Waals surface area contributed by atoms with Gasteiger partial charge in [0.1, 0.15) is 5.82 Å². The molecule has 0 spiro atoms. The van der Waals surface area contributed by atoms with Gasteiger partial charge in [-0.15, -0.1) is 0 Å². The first kappa shape index (κ1) is 17.1. The highest BCUT2D eigenvalue weighted by Gasteiger charge is 2.11. The smallest absolute Gasteiger partial charge is 0.123 e. The zero-order chi connectivity index (χ0) is 14.8. The van der Waals surface area contributed by atoms with E-state index in [1.165, 1.54) is 17.7 Å². The Morgan fingerprint density at radius 2 is 1.75 bits per heavy atom. The molecule has 1 unspecified atom stereocenters. The number of halogens is 1. The molecule has 3 heteroatoms. The van der Waals surface area contributed by atoms with Crippen LogP contribution in [0, 0.1) is 11.7 Å². The number of nitrogens with one attached hydrogen (secondary N) is 1. The Hall–Kier alpha value is -0.930. The van der Waals surface area contributed by atoms with Crippen LogP contribution >= 0.6 is 0 Å². The summed E-state index contributed by atoms with van der Waals surface area (Å²) in [5, 5.41) is 3.37. The topological polar surface area (TPSA) is 21.3 Å². The van der Waals surface area contributed by atoms with Crippen LogP contribution in [0.2, 0.25) is 0 Å². The highest BCUT2D eigenvalue weighted by Crippen LogP contribution is 2.19. The molecule has 0 amide bonds. The van der Waals surface area contributed by atoms with E-state index in [0.717, 1.165) is 39.1 Å². The Balaban J connectivity index is 2.41. The minimum atomic E-state index is -0.177. The van der Waals surface area contributed by atoms with Crippen molar-refractivity contribution in [2.75, 3.05) is 26.3 Å². The predicted octanol–water partition coefficient (Wildman–Crippen LogP) is 3.97. The maximum Gasteiger partial charge on any atom is 0.123 e. The second kappa shape index (κ2) is 9.89. The lowest BCUT2D eigenvalue weighted by molar-refractivity contribution is 0.116. The summed E-state index contributed by atoms with van der Waals surface area (Å²) in [6.45, 7) is 9.96.